The maximum absolute atomic E-state index is 13.5. The molecular weight excluding hydrogens is 280 g/mol. The fourth-order valence-electron chi connectivity index (χ4n) is 1.47. The first kappa shape index (κ1) is 14.9. The number of nitrogens with one attached hydrogen (secondary N) is 1. The minimum atomic E-state index is -0.607. The highest BCUT2D eigenvalue weighted by molar-refractivity contribution is 7.99. The van der Waals surface area contributed by atoms with E-state index < -0.39 is 11.6 Å². The van der Waals surface area contributed by atoms with E-state index in [0.29, 0.717) is 22.6 Å². The summed E-state index contributed by atoms with van der Waals surface area (Å²) in [5.41, 5.74) is 0.961. The van der Waals surface area contributed by atoms with Gasteiger partial charge in [0.15, 0.2) is 5.16 Å². The summed E-state index contributed by atoms with van der Waals surface area (Å²) in [6.07, 6.45) is 3.40. The molecule has 0 saturated carbocycles. The third-order valence-electron chi connectivity index (χ3n) is 2.49. The van der Waals surface area contributed by atoms with Crippen LogP contribution in [0.2, 0.25) is 0 Å². The molecule has 1 heterocycles. The highest BCUT2D eigenvalue weighted by Crippen LogP contribution is 2.27. The quantitative estimate of drug-likeness (QED) is 0.858. The Balaban J connectivity index is 2.03. The molecule has 1 aromatic heterocycles. The van der Waals surface area contributed by atoms with E-state index >= 15 is 0 Å². The van der Waals surface area contributed by atoms with Crippen molar-refractivity contribution in [1.29, 1.82) is 0 Å². The first-order valence-corrected chi connectivity index (χ1v) is 7.03. The van der Waals surface area contributed by atoms with Crippen molar-refractivity contribution in [3.8, 4) is 0 Å². The van der Waals surface area contributed by atoms with Crippen molar-refractivity contribution >= 4 is 11.8 Å². The van der Waals surface area contributed by atoms with Crippen LogP contribution in [-0.4, -0.2) is 16.0 Å². The standard InChI is InChI=1S/C14H15F2N3S/c1-9(2)17-6-10-7-18-14(19-8-10)20-13-4-3-11(15)5-12(13)16/h3-5,7-9,17H,6H2,1-2H3. The Labute approximate surface area is 120 Å². The number of benzene rings is 1. The average molecular weight is 295 g/mol. The third-order valence-corrected chi connectivity index (χ3v) is 3.44. The van der Waals surface area contributed by atoms with Gasteiger partial charge in [0.05, 0.1) is 4.90 Å². The summed E-state index contributed by atoms with van der Waals surface area (Å²) in [4.78, 5) is 8.64. The third kappa shape index (κ3) is 4.25. The largest absolute Gasteiger partial charge is 0.310 e. The molecule has 0 spiro atoms. The van der Waals surface area contributed by atoms with Crippen molar-refractivity contribution < 1.29 is 8.78 Å². The van der Waals surface area contributed by atoms with Crippen LogP contribution in [0.4, 0.5) is 8.78 Å². The monoisotopic (exact) mass is 295 g/mol. The molecule has 106 valence electrons. The minimum Gasteiger partial charge on any atom is -0.310 e. The lowest BCUT2D eigenvalue weighted by atomic mass is 10.3. The van der Waals surface area contributed by atoms with Gasteiger partial charge in [0, 0.05) is 36.6 Å². The van der Waals surface area contributed by atoms with Crippen LogP contribution in [0.1, 0.15) is 19.4 Å². The SMILES string of the molecule is CC(C)NCc1cnc(Sc2ccc(F)cc2F)nc1. The van der Waals surface area contributed by atoms with Gasteiger partial charge in [0.25, 0.3) is 0 Å². The topological polar surface area (TPSA) is 37.8 Å². The lowest BCUT2D eigenvalue weighted by Crippen LogP contribution is -2.21. The van der Waals surface area contributed by atoms with Gasteiger partial charge in [0.1, 0.15) is 11.6 Å². The van der Waals surface area contributed by atoms with Crippen molar-refractivity contribution in [2.24, 2.45) is 0 Å². The zero-order chi connectivity index (χ0) is 14.5. The van der Waals surface area contributed by atoms with Gasteiger partial charge in [-0.1, -0.05) is 13.8 Å². The minimum absolute atomic E-state index is 0.305. The molecule has 0 aliphatic heterocycles. The summed E-state index contributed by atoms with van der Waals surface area (Å²) in [6, 6.07) is 3.83. The number of rotatable bonds is 5. The Morgan fingerprint density at radius 3 is 2.50 bits per heavy atom. The molecule has 0 aliphatic rings. The van der Waals surface area contributed by atoms with E-state index in [9.17, 15) is 8.78 Å². The molecule has 0 atom stereocenters. The summed E-state index contributed by atoms with van der Waals surface area (Å²) in [6.45, 7) is 4.80. The molecule has 6 heteroatoms. The van der Waals surface area contributed by atoms with E-state index in [1.165, 1.54) is 12.1 Å². The van der Waals surface area contributed by atoms with Gasteiger partial charge in [-0.15, -0.1) is 0 Å². The Morgan fingerprint density at radius 1 is 1.20 bits per heavy atom. The van der Waals surface area contributed by atoms with Crippen molar-refractivity contribution in [2.45, 2.75) is 36.5 Å². The lowest BCUT2D eigenvalue weighted by Gasteiger charge is -2.07. The summed E-state index contributed by atoms with van der Waals surface area (Å²) in [7, 11) is 0. The number of hydrogen-bond donors (Lipinski definition) is 1. The Bertz CT molecular complexity index is 573. The zero-order valence-electron chi connectivity index (χ0n) is 11.2. The van der Waals surface area contributed by atoms with E-state index in [2.05, 4.69) is 29.1 Å². The van der Waals surface area contributed by atoms with Crippen molar-refractivity contribution in [3.63, 3.8) is 0 Å². The second kappa shape index (κ2) is 6.76. The highest BCUT2D eigenvalue weighted by Gasteiger charge is 2.07. The van der Waals surface area contributed by atoms with Crippen LogP contribution in [0.5, 0.6) is 0 Å². The summed E-state index contributed by atoms with van der Waals surface area (Å²) in [5.74, 6) is -1.20. The molecule has 0 unspecified atom stereocenters. The molecule has 0 bridgehead atoms. The predicted molar refractivity (Wildman–Crippen MR) is 74.5 cm³/mol. The zero-order valence-corrected chi connectivity index (χ0v) is 12.0. The average Bonchev–Trinajstić information content (AvgIpc) is 2.41. The smallest absolute Gasteiger partial charge is 0.192 e. The molecule has 1 aromatic carbocycles. The summed E-state index contributed by atoms with van der Waals surface area (Å²) in [5, 5.41) is 3.69. The van der Waals surface area contributed by atoms with Gasteiger partial charge < -0.3 is 5.32 Å². The number of hydrogen-bond acceptors (Lipinski definition) is 4. The highest BCUT2D eigenvalue weighted by atomic mass is 32.2. The maximum atomic E-state index is 13.5. The van der Waals surface area contributed by atoms with E-state index in [-0.39, 0.29) is 0 Å². The molecule has 3 nitrogen and oxygen atoms in total. The second-order valence-electron chi connectivity index (χ2n) is 4.59. The van der Waals surface area contributed by atoms with Gasteiger partial charge in [-0.3, -0.25) is 0 Å². The maximum Gasteiger partial charge on any atom is 0.192 e. The van der Waals surface area contributed by atoms with E-state index in [1.54, 1.807) is 12.4 Å². The van der Waals surface area contributed by atoms with Gasteiger partial charge in [-0.2, -0.15) is 0 Å². The second-order valence-corrected chi connectivity index (χ2v) is 5.60. The molecule has 2 rings (SSSR count). The van der Waals surface area contributed by atoms with Gasteiger partial charge in [0.2, 0.25) is 0 Å². The van der Waals surface area contributed by atoms with Crippen LogP contribution in [-0.2, 0) is 6.54 Å². The first-order chi connectivity index (χ1) is 9.54. The molecular formula is C14H15F2N3S. The van der Waals surface area contributed by atoms with Crippen LogP contribution >= 0.6 is 11.8 Å². The van der Waals surface area contributed by atoms with E-state index in [0.717, 1.165) is 23.4 Å². The molecule has 0 aliphatic carbocycles. The van der Waals surface area contributed by atoms with Crippen LogP contribution in [0.15, 0.2) is 40.6 Å². The molecule has 0 saturated heterocycles. The number of nitrogens with zero attached hydrogens (tertiary/aromatic N) is 2. The molecule has 0 amide bonds. The molecule has 2 aromatic rings. The Hall–Kier alpha value is -1.53. The Morgan fingerprint density at radius 2 is 1.90 bits per heavy atom. The molecule has 0 radical (unpaired) electrons. The molecule has 1 N–H and O–H groups in total. The van der Waals surface area contributed by atoms with Gasteiger partial charge in [-0.05, 0) is 23.9 Å². The normalized spacial score (nSPS) is 11.1. The molecule has 0 fully saturated rings. The van der Waals surface area contributed by atoms with E-state index in [1.807, 2.05) is 0 Å². The van der Waals surface area contributed by atoms with Crippen molar-refractivity contribution in [2.75, 3.05) is 0 Å². The van der Waals surface area contributed by atoms with Crippen LogP contribution < -0.4 is 5.32 Å². The first-order valence-electron chi connectivity index (χ1n) is 6.22. The summed E-state index contributed by atoms with van der Waals surface area (Å²) >= 11 is 1.07. The fraction of sp³-hybridized carbons (Fsp3) is 0.286. The van der Waals surface area contributed by atoms with Crippen LogP contribution in [0.3, 0.4) is 0 Å². The van der Waals surface area contributed by atoms with Crippen molar-refractivity contribution in [3.05, 3.63) is 47.8 Å². The van der Waals surface area contributed by atoms with Gasteiger partial charge in [-0.25, -0.2) is 18.7 Å². The Kier molecular flexibility index (Phi) is 5.03. The van der Waals surface area contributed by atoms with E-state index in [4.69, 9.17) is 0 Å². The van der Waals surface area contributed by atoms with Crippen LogP contribution in [0.25, 0.3) is 0 Å². The van der Waals surface area contributed by atoms with Gasteiger partial charge >= 0.3 is 0 Å². The predicted octanol–water partition coefficient (Wildman–Crippen LogP) is 3.40. The van der Waals surface area contributed by atoms with Crippen LogP contribution in [0, 0.1) is 11.6 Å². The molecule has 20 heavy (non-hydrogen) atoms. The lowest BCUT2D eigenvalue weighted by molar-refractivity contribution is 0.565. The fourth-order valence-corrected chi connectivity index (χ4v) is 2.17. The van der Waals surface area contributed by atoms with Crippen molar-refractivity contribution in [1.82, 2.24) is 15.3 Å². The number of aromatic nitrogens is 2. The number of halogens is 2. The summed E-state index contributed by atoms with van der Waals surface area (Å²) < 4.78 is 26.3.